The Balaban J connectivity index is 1.53. The van der Waals surface area contributed by atoms with E-state index in [1.807, 2.05) is 0 Å². The van der Waals surface area contributed by atoms with Crippen LogP contribution in [0.1, 0.15) is 38.8 Å². The average molecular weight is 338 g/mol. The third-order valence-corrected chi connectivity index (χ3v) is 5.01. The van der Waals surface area contributed by atoms with E-state index in [-0.39, 0.29) is 17.2 Å². The van der Waals surface area contributed by atoms with E-state index < -0.39 is 0 Å². The second-order valence-electron chi connectivity index (χ2n) is 7.70. The molecule has 5 nitrogen and oxygen atoms in total. The number of allylic oxidation sites excluding steroid dienone is 2. The third-order valence-electron chi connectivity index (χ3n) is 5.01. The summed E-state index contributed by atoms with van der Waals surface area (Å²) in [6.45, 7) is 9.78. The molecule has 0 bridgehead atoms. The van der Waals surface area contributed by atoms with Gasteiger partial charge in [-0.3, -0.25) is 4.79 Å². The Morgan fingerprint density at radius 2 is 1.92 bits per heavy atom. The highest BCUT2D eigenvalue weighted by Crippen LogP contribution is 2.59. The van der Waals surface area contributed by atoms with Gasteiger partial charge < -0.3 is 5.32 Å². The maximum atomic E-state index is 12.5. The van der Waals surface area contributed by atoms with Crippen LogP contribution in [-0.4, -0.2) is 20.7 Å². The van der Waals surface area contributed by atoms with Crippen molar-refractivity contribution < 1.29 is 4.79 Å². The van der Waals surface area contributed by atoms with Gasteiger partial charge in [0.05, 0.1) is 12.5 Å². The first kappa shape index (κ1) is 17.4. The Kier molecular flexibility index (Phi) is 4.75. The van der Waals surface area contributed by atoms with E-state index in [4.69, 9.17) is 0 Å². The molecular formula is C20H26N4O. The van der Waals surface area contributed by atoms with Gasteiger partial charge in [0.2, 0.25) is 5.91 Å². The number of hydrogen-bond acceptors (Lipinski definition) is 3. The van der Waals surface area contributed by atoms with Crippen LogP contribution in [0.4, 0.5) is 0 Å². The lowest BCUT2D eigenvalue weighted by Crippen LogP contribution is -2.26. The van der Waals surface area contributed by atoms with Crippen molar-refractivity contribution >= 4 is 5.91 Å². The Hall–Kier alpha value is -2.43. The normalized spacial score (nSPS) is 20.8. The van der Waals surface area contributed by atoms with Crippen LogP contribution in [-0.2, 0) is 17.9 Å². The Labute approximate surface area is 149 Å². The summed E-state index contributed by atoms with van der Waals surface area (Å²) in [4.78, 5) is 16.4. The van der Waals surface area contributed by atoms with Gasteiger partial charge in [-0.2, -0.15) is 5.10 Å². The van der Waals surface area contributed by atoms with Gasteiger partial charge in [0.15, 0.2) is 0 Å². The topological polar surface area (TPSA) is 59.8 Å². The van der Waals surface area contributed by atoms with Gasteiger partial charge in [0.1, 0.15) is 12.7 Å². The molecule has 0 aliphatic heterocycles. The minimum Gasteiger partial charge on any atom is -0.352 e. The standard InChI is InChI=1S/C20H26N4O/c1-14(2)9-17-18(20(17,3)4)19(25)22-10-15-5-7-16(8-6-15)11-24-13-21-12-23-24/h5-9,12-13,17-18H,10-11H2,1-4H3,(H,22,25). The van der Waals surface area contributed by atoms with Crippen molar-refractivity contribution in [1.29, 1.82) is 0 Å². The lowest BCUT2D eigenvalue weighted by Gasteiger charge is -2.07. The first-order valence-electron chi connectivity index (χ1n) is 8.71. The molecule has 0 radical (unpaired) electrons. The summed E-state index contributed by atoms with van der Waals surface area (Å²) in [5.41, 5.74) is 3.60. The van der Waals surface area contributed by atoms with Crippen molar-refractivity contribution in [3.63, 3.8) is 0 Å². The van der Waals surface area contributed by atoms with E-state index in [2.05, 4.69) is 73.4 Å². The number of aromatic nitrogens is 3. The molecule has 2 aromatic rings. The van der Waals surface area contributed by atoms with E-state index in [1.165, 1.54) is 11.9 Å². The highest BCUT2D eigenvalue weighted by Gasteiger charge is 2.60. The molecule has 1 aromatic heterocycles. The predicted octanol–water partition coefficient (Wildman–Crippen LogP) is 3.18. The van der Waals surface area contributed by atoms with E-state index in [0.29, 0.717) is 19.0 Å². The lowest BCUT2D eigenvalue weighted by molar-refractivity contribution is -0.123. The van der Waals surface area contributed by atoms with Crippen LogP contribution >= 0.6 is 0 Å². The predicted molar refractivity (Wildman–Crippen MR) is 97.6 cm³/mol. The fourth-order valence-electron chi connectivity index (χ4n) is 3.41. The molecule has 1 heterocycles. The average Bonchev–Trinajstić information content (AvgIpc) is 2.91. The number of carbonyl (C=O) groups excluding carboxylic acids is 1. The van der Waals surface area contributed by atoms with Crippen molar-refractivity contribution in [3.8, 4) is 0 Å². The molecule has 1 aliphatic rings. The Morgan fingerprint density at radius 3 is 2.52 bits per heavy atom. The Bertz CT molecular complexity index is 756. The summed E-state index contributed by atoms with van der Waals surface area (Å²) in [5, 5.41) is 7.19. The number of hydrogen-bond donors (Lipinski definition) is 1. The first-order valence-corrected chi connectivity index (χ1v) is 8.71. The Morgan fingerprint density at radius 1 is 1.24 bits per heavy atom. The number of amides is 1. The van der Waals surface area contributed by atoms with Crippen LogP contribution in [0.25, 0.3) is 0 Å². The van der Waals surface area contributed by atoms with Crippen LogP contribution < -0.4 is 5.32 Å². The summed E-state index contributed by atoms with van der Waals surface area (Å²) in [5.74, 6) is 0.579. The molecule has 25 heavy (non-hydrogen) atoms. The molecular weight excluding hydrogens is 312 g/mol. The number of carbonyl (C=O) groups is 1. The summed E-state index contributed by atoms with van der Waals surface area (Å²) in [6.07, 6.45) is 5.46. The minimum absolute atomic E-state index is 0.0585. The smallest absolute Gasteiger partial charge is 0.224 e. The molecule has 1 aromatic carbocycles. The number of benzene rings is 1. The SMILES string of the molecule is CC(C)=CC1C(C(=O)NCc2ccc(Cn3cncn3)cc2)C1(C)C. The summed E-state index contributed by atoms with van der Waals surface area (Å²) >= 11 is 0. The summed E-state index contributed by atoms with van der Waals surface area (Å²) < 4.78 is 1.79. The van der Waals surface area contributed by atoms with E-state index in [9.17, 15) is 4.79 Å². The summed E-state index contributed by atoms with van der Waals surface area (Å²) in [7, 11) is 0. The molecule has 0 saturated heterocycles. The lowest BCUT2D eigenvalue weighted by atomic mass is 10.1. The maximum Gasteiger partial charge on any atom is 0.224 e. The molecule has 0 spiro atoms. The highest BCUT2D eigenvalue weighted by molar-refractivity contribution is 5.83. The van der Waals surface area contributed by atoms with Gasteiger partial charge in [0, 0.05) is 6.54 Å². The molecule has 3 rings (SSSR count). The zero-order valence-corrected chi connectivity index (χ0v) is 15.4. The highest BCUT2D eigenvalue weighted by atomic mass is 16.2. The van der Waals surface area contributed by atoms with Crippen molar-refractivity contribution in [2.45, 2.75) is 40.8 Å². The van der Waals surface area contributed by atoms with Crippen LogP contribution in [0, 0.1) is 17.3 Å². The van der Waals surface area contributed by atoms with Crippen molar-refractivity contribution in [1.82, 2.24) is 20.1 Å². The monoisotopic (exact) mass is 338 g/mol. The van der Waals surface area contributed by atoms with Crippen LogP contribution in [0.3, 0.4) is 0 Å². The molecule has 1 saturated carbocycles. The van der Waals surface area contributed by atoms with Crippen LogP contribution in [0.15, 0.2) is 48.6 Å². The second-order valence-corrected chi connectivity index (χ2v) is 7.70. The zero-order chi connectivity index (χ0) is 18.0. The molecule has 1 fully saturated rings. The summed E-state index contributed by atoms with van der Waals surface area (Å²) in [6, 6.07) is 8.24. The largest absolute Gasteiger partial charge is 0.352 e. The molecule has 5 heteroatoms. The minimum atomic E-state index is 0.0585. The van der Waals surface area contributed by atoms with Gasteiger partial charge in [-0.15, -0.1) is 0 Å². The maximum absolute atomic E-state index is 12.5. The van der Waals surface area contributed by atoms with Crippen LogP contribution in [0.2, 0.25) is 0 Å². The van der Waals surface area contributed by atoms with Gasteiger partial charge in [-0.1, -0.05) is 49.8 Å². The van der Waals surface area contributed by atoms with E-state index >= 15 is 0 Å². The molecule has 1 aliphatic carbocycles. The van der Waals surface area contributed by atoms with Gasteiger partial charge in [-0.25, -0.2) is 9.67 Å². The number of nitrogens with zero attached hydrogens (tertiary/aromatic N) is 3. The molecule has 132 valence electrons. The van der Waals surface area contributed by atoms with E-state index in [1.54, 1.807) is 11.0 Å². The molecule has 1 N–H and O–H groups in total. The number of nitrogens with one attached hydrogen (secondary N) is 1. The van der Waals surface area contributed by atoms with Gasteiger partial charge in [-0.05, 0) is 36.3 Å². The zero-order valence-electron chi connectivity index (χ0n) is 15.4. The van der Waals surface area contributed by atoms with Gasteiger partial charge >= 0.3 is 0 Å². The van der Waals surface area contributed by atoms with Crippen molar-refractivity contribution in [3.05, 3.63) is 59.7 Å². The molecule has 2 atom stereocenters. The van der Waals surface area contributed by atoms with Crippen molar-refractivity contribution in [2.75, 3.05) is 0 Å². The van der Waals surface area contributed by atoms with E-state index in [0.717, 1.165) is 11.1 Å². The quantitative estimate of drug-likeness (QED) is 0.823. The third kappa shape index (κ3) is 3.98. The fraction of sp³-hybridized carbons (Fsp3) is 0.450. The fourth-order valence-corrected chi connectivity index (χ4v) is 3.41. The molecule has 1 amide bonds. The molecule has 2 unspecified atom stereocenters. The van der Waals surface area contributed by atoms with Crippen LogP contribution in [0.5, 0.6) is 0 Å². The number of rotatable bonds is 6. The van der Waals surface area contributed by atoms with Gasteiger partial charge in [0.25, 0.3) is 0 Å². The van der Waals surface area contributed by atoms with Crippen molar-refractivity contribution in [2.24, 2.45) is 17.3 Å². The second kappa shape index (κ2) is 6.82. The first-order chi connectivity index (χ1) is 11.9.